The lowest BCUT2D eigenvalue weighted by molar-refractivity contribution is -0.203. The van der Waals surface area contributed by atoms with Crippen molar-refractivity contribution in [1.29, 1.82) is 0 Å². The number of ketones is 1. The van der Waals surface area contributed by atoms with Crippen LogP contribution in [-0.4, -0.2) is 30.4 Å². The quantitative estimate of drug-likeness (QED) is 0.630. The van der Waals surface area contributed by atoms with Crippen molar-refractivity contribution in [1.82, 2.24) is 0 Å². The molecule has 0 N–H and O–H groups in total. The molecule has 6 rings (SSSR count). The van der Waals surface area contributed by atoms with E-state index in [1.807, 2.05) is 12.2 Å². The van der Waals surface area contributed by atoms with Crippen molar-refractivity contribution in [2.75, 3.05) is 7.11 Å². The van der Waals surface area contributed by atoms with Gasteiger partial charge in [0.2, 0.25) is 0 Å². The van der Waals surface area contributed by atoms with Crippen LogP contribution in [0.3, 0.4) is 0 Å². The Kier molecular flexibility index (Phi) is 4.37. The molecular formula is C25H32O5. The number of esters is 2. The Morgan fingerprint density at radius 2 is 1.97 bits per heavy atom. The molecule has 0 unspecified atom stereocenters. The molecule has 0 aromatic rings. The minimum atomic E-state index is -1.06. The molecule has 1 aliphatic heterocycles. The molecule has 0 aromatic heterocycles. The Hall–Kier alpha value is -1.91. The standard InChI is InChI=1S/C25H32O5/c1-4-8-16-15-11-13-24(19(14-15)21(27)29-3)20(26)17(9-5-2)23-12-7-6-10-18(23)22(28)30-25(16,23)24/h10,14-17H,4-9,11-13H2,1-3H3/t15-,16-,17+,23-,24+,25+/m1/s1. The molecule has 1 heterocycles. The molecule has 5 heteroatoms. The lowest BCUT2D eigenvalue weighted by Crippen LogP contribution is -2.67. The summed E-state index contributed by atoms with van der Waals surface area (Å²) in [6.45, 7) is 4.25. The molecule has 2 saturated carbocycles. The summed E-state index contributed by atoms with van der Waals surface area (Å²) in [5, 5.41) is 0. The number of hydrogen-bond acceptors (Lipinski definition) is 5. The van der Waals surface area contributed by atoms with Gasteiger partial charge in [-0.05, 0) is 50.9 Å². The number of fused-ring (bicyclic) bond motifs is 1. The second-order valence-electron chi connectivity index (χ2n) is 9.89. The predicted molar refractivity (Wildman–Crippen MR) is 110 cm³/mol. The Morgan fingerprint density at radius 1 is 1.20 bits per heavy atom. The van der Waals surface area contributed by atoms with Crippen LogP contribution in [0.25, 0.3) is 0 Å². The van der Waals surface area contributed by atoms with Crippen LogP contribution in [-0.2, 0) is 23.9 Å². The molecule has 6 atom stereocenters. The first-order valence-electron chi connectivity index (χ1n) is 11.7. The van der Waals surface area contributed by atoms with E-state index in [1.165, 1.54) is 7.11 Å². The highest BCUT2D eigenvalue weighted by Gasteiger charge is 2.87. The molecule has 3 fully saturated rings. The van der Waals surface area contributed by atoms with Gasteiger partial charge in [-0.3, -0.25) is 4.79 Å². The number of carbonyl (C=O) groups is 3. The third kappa shape index (κ3) is 1.90. The molecule has 5 nitrogen and oxygen atoms in total. The third-order valence-corrected chi connectivity index (χ3v) is 9.02. The zero-order chi connectivity index (χ0) is 21.3. The Labute approximate surface area is 178 Å². The average molecular weight is 413 g/mol. The van der Waals surface area contributed by atoms with Crippen LogP contribution in [0.2, 0.25) is 0 Å². The van der Waals surface area contributed by atoms with E-state index < -0.39 is 22.4 Å². The van der Waals surface area contributed by atoms with E-state index in [0.29, 0.717) is 12.0 Å². The van der Waals surface area contributed by atoms with E-state index in [1.54, 1.807) is 0 Å². The SMILES string of the molecule is CCC[C@@H]1[C@H]2C=C(C(=O)OC)[C@@]3(CC2)C(=O)[C@H](CCC)[C@]24CCCC=C2C(=O)O[C@]134. The number of rotatable bonds is 5. The number of ether oxygens (including phenoxy) is 2. The monoisotopic (exact) mass is 412 g/mol. The molecule has 30 heavy (non-hydrogen) atoms. The Bertz CT molecular complexity index is 884. The maximum atomic E-state index is 14.4. The van der Waals surface area contributed by atoms with E-state index in [9.17, 15) is 14.4 Å². The number of hydrogen-bond donors (Lipinski definition) is 0. The van der Waals surface area contributed by atoms with Crippen LogP contribution in [0, 0.1) is 28.6 Å². The highest BCUT2D eigenvalue weighted by Crippen LogP contribution is 2.79. The molecule has 0 radical (unpaired) electrons. The molecule has 5 aliphatic carbocycles. The predicted octanol–water partition coefficient (Wildman–Crippen LogP) is 4.30. The van der Waals surface area contributed by atoms with Gasteiger partial charge < -0.3 is 9.47 Å². The van der Waals surface area contributed by atoms with Crippen LogP contribution in [0.4, 0.5) is 0 Å². The summed E-state index contributed by atoms with van der Waals surface area (Å²) in [5.74, 6) is -0.617. The van der Waals surface area contributed by atoms with E-state index in [0.717, 1.165) is 56.9 Å². The van der Waals surface area contributed by atoms with Crippen LogP contribution >= 0.6 is 0 Å². The zero-order valence-corrected chi connectivity index (χ0v) is 18.3. The highest BCUT2D eigenvalue weighted by molar-refractivity contribution is 6.10. The van der Waals surface area contributed by atoms with Gasteiger partial charge in [-0.2, -0.15) is 0 Å². The summed E-state index contributed by atoms with van der Waals surface area (Å²) >= 11 is 0. The maximum absolute atomic E-state index is 14.4. The first kappa shape index (κ1) is 20.0. The molecule has 0 aromatic carbocycles. The topological polar surface area (TPSA) is 69.7 Å². The lowest BCUT2D eigenvalue weighted by Gasteiger charge is -2.60. The summed E-state index contributed by atoms with van der Waals surface area (Å²) in [5.41, 5.74) is -1.39. The second kappa shape index (κ2) is 6.54. The van der Waals surface area contributed by atoms with Crippen LogP contribution in [0.1, 0.15) is 71.6 Å². The largest absolute Gasteiger partial charge is 0.466 e. The summed E-state index contributed by atoms with van der Waals surface area (Å²) in [6.07, 6.45) is 11.6. The zero-order valence-electron chi connectivity index (χ0n) is 18.3. The van der Waals surface area contributed by atoms with Crippen molar-refractivity contribution in [3.63, 3.8) is 0 Å². The van der Waals surface area contributed by atoms with E-state index >= 15 is 0 Å². The molecule has 0 amide bonds. The van der Waals surface area contributed by atoms with Crippen molar-refractivity contribution in [3.8, 4) is 0 Å². The number of Topliss-reactive ketones (excluding diaryl/α,β-unsaturated/α-hetero) is 1. The van der Waals surface area contributed by atoms with Gasteiger partial charge >= 0.3 is 11.9 Å². The maximum Gasteiger partial charge on any atom is 0.335 e. The molecule has 3 spiro atoms. The van der Waals surface area contributed by atoms with Gasteiger partial charge in [0.15, 0.2) is 5.78 Å². The number of allylic oxidation sites excluding steroid dienone is 2. The molecule has 2 bridgehead atoms. The van der Waals surface area contributed by atoms with E-state index in [2.05, 4.69) is 13.8 Å². The second-order valence-corrected chi connectivity index (χ2v) is 9.89. The van der Waals surface area contributed by atoms with E-state index in [-0.39, 0.29) is 29.5 Å². The van der Waals surface area contributed by atoms with Gasteiger partial charge in [-0.15, -0.1) is 0 Å². The first-order chi connectivity index (χ1) is 14.5. The Balaban J connectivity index is 1.86. The van der Waals surface area contributed by atoms with E-state index in [4.69, 9.17) is 9.47 Å². The van der Waals surface area contributed by atoms with Gasteiger partial charge in [0.05, 0.1) is 18.1 Å². The third-order valence-electron chi connectivity index (χ3n) is 9.02. The fraction of sp³-hybridized carbons (Fsp3) is 0.720. The minimum Gasteiger partial charge on any atom is -0.466 e. The van der Waals surface area contributed by atoms with Crippen LogP contribution in [0.5, 0.6) is 0 Å². The van der Waals surface area contributed by atoms with Crippen molar-refractivity contribution in [2.24, 2.45) is 28.6 Å². The summed E-state index contributed by atoms with van der Waals surface area (Å²) in [4.78, 5) is 40.7. The van der Waals surface area contributed by atoms with Gasteiger partial charge in [0.25, 0.3) is 0 Å². The summed E-state index contributed by atoms with van der Waals surface area (Å²) in [7, 11) is 1.38. The van der Waals surface area contributed by atoms with Gasteiger partial charge in [0.1, 0.15) is 11.0 Å². The minimum absolute atomic E-state index is 0.0726. The number of methoxy groups -OCH3 is 1. The van der Waals surface area contributed by atoms with Crippen molar-refractivity contribution in [2.45, 2.75) is 77.2 Å². The van der Waals surface area contributed by atoms with Crippen molar-refractivity contribution in [3.05, 3.63) is 23.3 Å². The highest BCUT2D eigenvalue weighted by atomic mass is 16.6. The molecule has 6 aliphatic rings. The molecular weight excluding hydrogens is 380 g/mol. The summed E-state index contributed by atoms with van der Waals surface area (Å²) < 4.78 is 11.7. The summed E-state index contributed by atoms with van der Waals surface area (Å²) in [6, 6.07) is 0. The lowest BCUT2D eigenvalue weighted by atomic mass is 9.43. The van der Waals surface area contributed by atoms with Gasteiger partial charge in [0, 0.05) is 17.4 Å². The van der Waals surface area contributed by atoms with Crippen LogP contribution < -0.4 is 0 Å². The van der Waals surface area contributed by atoms with Crippen LogP contribution in [0.15, 0.2) is 23.3 Å². The van der Waals surface area contributed by atoms with Crippen molar-refractivity contribution >= 4 is 17.7 Å². The van der Waals surface area contributed by atoms with Gasteiger partial charge in [-0.1, -0.05) is 38.8 Å². The smallest absolute Gasteiger partial charge is 0.335 e. The first-order valence-corrected chi connectivity index (χ1v) is 11.7. The molecule has 1 saturated heterocycles. The van der Waals surface area contributed by atoms with Gasteiger partial charge in [-0.25, -0.2) is 9.59 Å². The average Bonchev–Trinajstić information content (AvgIpc) is 3.11. The fourth-order valence-corrected chi connectivity index (χ4v) is 8.37. The fourth-order valence-electron chi connectivity index (χ4n) is 8.37. The van der Waals surface area contributed by atoms with Crippen molar-refractivity contribution < 1.29 is 23.9 Å². The Morgan fingerprint density at radius 3 is 2.67 bits per heavy atom. The number of carbonyl (C=O) groups excluding carboxylic acids is 3. The molecule has 162 valence electrons. The normalized spacial score (nSPS) is 43.4.